The van der Waals surface area contributed by atoms with Gasteiger partial charge in [-0.25, -0.2) is 0 Å². The highest BCUT2D eigenvalue weighted by molar-refractivity contribution is 7.16. The summed E-state index contributed by atoms with van der Waals surface area (Å²) < 4.78 is 13.7. The van der Waals surface area contributed by atoms with E-state index >= 15 is 0 Å². The van der Waals surface area contributed by atoms with E-state index in [2.05, 4.69) is 4.99 Å². The first-order valence-electron chi connectivity index (χ1n) is 7.17. The van der Waals surface area contributed by atoms with E-state index in [9.17, 15) is 4.79 Å². The molecule has 0 bridgehead atoms. The first kappa shape index (κ1) is 14.0. The van der Waals surface area contributed by atoms with Crippen molar-refractivity contribution in [1.29, 1.82) is 0 Å². The molecule has 1 aliphatic rings. The molecule has 0 saturated carbocycles. The van der Waals surface area contributed by atoms with Crippen molar-refractivity contribution in [3.05, 3.63) is 52.3 Å². The second-order valence-electron chi connectivity index (χ2n) is 5.40. The summed E-state index contributed by atoms with van der Waals surface area (Å²) in [6.45, 7) is 2.24. The number of carbonyl (C=O) groups is 1. The van der Waals surface area contributed by atoms with Gasteiger partial charge in [-0.15, -0.1) is 0 Å². The van der Waals surface area contributed by atoms with Crippen LogP contribution in [0.25, 0.3) is 10.2 Å². The third kappa shape index (κ3) is 2.41. The Kier molecular flexibility index (Phi) is 3.20. The molecule has 6 heteroatoms. The van der Waals surface area contributed by atoms with Crippen LogP contribution in [0.5, 0.6) is 11.5 Å². The van der Waals surface area contributed by atoms with E-state index in [4.69, 9.17) is 9.47 Å². The van der Waals surface area contributed by atoms with Gasteiger partial charge in [0.05, 0.1) is 10.2 Å². The van der Waals surface area contributed by atoms with Crippen LogP contribution in [-0.4, -0.2) is 17.3 Å². The summed E-state index contributed by atoms with van der Waals surface area (Å²) in [6, 6.07) is 11.3. The Bertz CT molecular complexity index is 983. The Hall–Kier alpha value is -2.60. The molecule has 116 valence electrons. The summed E-state index contributed by atoms with van der Waals surface area (Å²) in [6.07, 6.45) is 0. The molecule has 0 atom stereocenters. The first-order valence-corrected chi connectivity index (χ1v) is 7.98. The second kappa shape index (κ2) is 5.24. The van der Waals surface area contributed by atoms with E-state index in [0.29, 0.717) is 10.4 Å². The highest BCUT2D eigenvalue weighted by atomic mass is 32.1. The van der Waals surface area contributed by atoms with Crippen LogP contribution in [0.1, 0.15) is 15.9 Å². The highest BCUT2D eigenvalue weighted by Gasteiger charge is 2.17. The quantitative estimate of drug-likeness (QED) is 0.691. The Labute approximate surface area is 136 Å². The molecule has 2 aromatic carbocycles. The highest BCUT2D eigenvalue weighted by Crippen LogP contribution is 2.36. The van der Waals surface area contributed by atoms with Crippen LogP contribution in [0.3, 0.4) is 0 Å². The van der Waals surface area contributed by atoms with Crippen molar-refractivity contribution in [2.24, 2.45) is 12.0 Å². The molecule has 0 fully saturated rings. The number of fused-ring (bicyclic) bond motifs is 2. The topological polar surface area (TPSA) is 52.8 Å². The molecule has 1 aliphatic heterocycles. The molecular formula is C17H14N2O3S. The van der Waals surface area contributed by atoms with E-state index in [0.717, 1.165) is 27.3 Å². The molecule has 23 heavy (non-hydrogen) atoms. The average Bonchev–Trinajstić information content (AvgIpc) is 3.11. The van der Waals surface area contributed by atoms with Gasteiger partial charge in [0.1, 0.15) is 0 Å². The van der Waals surface area contributed by atoms with Crippen LogP contribution in [0.15, 0.2) is 41.4 Å². The van der Waals surface area contributed by atoms with Gasteiger partial charge < -0.3 is 14.0 Å². The van der Waals surface area contributed by atoms with Gasteiger partial charge in [-0.1, -0.05) is 29.0 Å². The molecule has 1 amide bonds. The van der Waals surface area contributed by atoms with Gasteiger partial charge in [0.25, 0.3) is 5.91 Å². The van der Waals surface area contributed by atoms with Crippen molar-refractivity contribution >= 4 is 27.5 Å². The zero-order valence-corrected chi connectivity index (χ0v) is 13.5. The average molecular weight is 326 g/mol. The fourth-order valence-corrected chi connectivity index (χ4v) is 3.50. The molecule has 4 rings (SSSR count). The van der Waals surface area contributed by atoms with Gasteiger partial charge in [-0.2, -0.15) is 4.99 Å². The predicted molar refractivity (Wildman–Crippen MR) is 88.0 cm³/mol. The van der Waals surface area contributed by atoms with Gasteiger partial charge in [0, 0.05) is 24.7 Å². The smallest absolute Gasteiger partial charge is 0.279 e. The third-order valence-electron chi connectivity index (χ3n) is 3.80. The van der Waals surface area contributed by atoms with E-state index in [1.54, 1.807) is 12.1 Å². The molecule has 0 spiro atoms. The van der Waals surface area contributed by atoms with E-state index in [1.807, 2.05) is 42.8 Å². The Morgan fingerprint density at radius 1 is 1.17 bits per heavy atom. The molecule has 1 aromatic heterocycles. The van der Waals surface area contributed by atoms with Gasteiger partial charge in [-0.05, 0) is 19.1 Å². The summed E-state index contributed by atoms with van der Waals surface area (Å²) in [5.41, 5.74) is 2.67. The number of carbonyl (C=O) groups excluding carboxylic acids is 1. The molecule has 3 aromatic rings. The number of amides is 1. The number of aromatic nitrogens is 1. The van der Waals surface area contributed by atoms with E-state index in [-0.39, 0.29) is 12.7 Å². The zero-order chi connectivity index (χ0) is 16.0. The summed E-state index contributed by atoms with van der Waals surface area (Å²) in [7, 11) is 1.89. The first-order chi connectivity index (χ1) is 11.1. The van der Waals surface area contributed by atoms with Crippen LogP contribution >= 0.6 is 11.3 Å². The van der Waals surface area contributed by atoms with Crippen molar-refractivity contribution in [2.75, 3.05) is 6.79 Å². The van der Waals surface area contributed by atoms with Crippen LogP contribution in [0, 0.1) is 6.92 Å². The fraction of sp³-hybridized carbons (Fsp3) is 0.176. The molecule has 0 saturated heterocycles. The normalized spacial score (nSPS) is 13.7. The maximum Gasteiger partial charge on any atom is 0.279 e. The number of thiazole rings is 1. The van der Waals surface area contributed by atoms with Crippen LogP contribution in [0.4, 0.5) is 0 Å². The lowest BCUT2D eigenvalue weighted by Crippen LogP contribution is -2.13. The van der Waals surface area contributed by atoms with E-state index < -0.39 is 0 Å². The fourth-order valence-electron chi connectivity index (χ4n) is 2.47. The molecule has 5 nitrogen and oxygen atoms in total. The molecule has 0 radical (unpaired) electrons. The maximum absolute atomic E-state index is 12.3. The standard InChI is InChI=1S/C17H14N2O3S/c1-10-3-5-11(6-4-10)16(20)18-17-19(2)12-7-13-14(22-9-21-13)8-15(12)23-17/h3-8H,9H2,1-2H3. The zero-order valence-electron chi connectivity index (χ0n) is 12.7. The van der Waals surface area contributed by atoms with Gasteiger partial charge in [-0.3, -0.25) is 4.79 Å². The van der Waals surface area contributed by atoms with Crippen LogP contribution < -0.4 is 14.3 Å². The third-order valence-corrected chi connectivity index (χ3v) is 4.89. The monoisotopic (exact) mass is 326 g/mol. The van der Waals surface area contributed by atoms with Crippen LogP contribution in [-0.2, 0) is 7.05 Å². The summed E-state index contributed by atoms with van der Waals surface area (Å²) in [5, 5.41) is 0. The molecule has 0 unspecified atom stereocenters. The molecule has 0 N–H and O–H groups in total. The number of hydrogen-bond donors (Lipinski definition) is 0. The Balaban J connectivity index is 1.80. The SMILES string of the molecule is Cc1ccc(C(=O)N=c2sc3cc4c(cc3n2C)OCO4)cc1. The number of nitrogens with zero attached hydrogens (tertiary/aromatic N) is 2. The number of rotatable bonds is 1. The van der Waals surface area contributed by atoms with Crippen LogP contribution in [0.2, 0.25) is 0 Å². The minimum Gasteiger partial charge on any atom is -0.454 e. The lowest BCUT2D eigenvalue weighted by atomic mass is 10.1. The second-order valence-corrected chi connectivity index (χ2v) is 6.41. The Morgan fingerprint density at radius 3 is 2.61 bits per heavy atom. The van der Waals surface area contributed by atoms with Crippen molar-refractivity contribution in [2.45, 2.75) is 6.92 Å². The number of aryl methyl sites for hydroxylation is 2. The van der Waals surface area contributed by atoms with Gasteiger partial charge in [0.2, 0.25) is 6.79 Å². The van der Waals surface area contributed by atoms with Crippen molar-refractivity contribution in [1.82, 2.24) is 4.57 Å². The molecule has 0 aliphatic carbocycles. The number of ether oxygens (including phenoxy) is 2. The summed E-state index contributed by atoms with van der Waals surface area (Å²) in [4.78, 5) is 17.2. The largest absolute Gasteiger partial charge is 0.454 e. The maximum atomic E-state index is 12.3. The van der Waals surface area contributed by atoms with Crippen molar-refractivity contribution in [3.8, 4) is 11.5 Å². The van der Waals surface area contributed by atoms with Crippen molar-refractivity contribution in [3.63, 3.8) is 0 Å². The predicted octanol–water partition coefficient (Wildman–Crippen LogP) is 3.02. The van der Waals surface area contributed by atoms with Gasteiger partial charge in [0.15, 0.2) is 16.3 Å². The molecule has 2 heterocycles. The van der Waals surface area contributed by atoms with Crippen molar-refractivity contribution < 1.29 is 14.3 Å². The number of benzene rings is 2. The minimum absolute atomic E-state index is 0.243. The molecular weight excluding hydrogens is 312 g/mol. The summed E-state index contributed by atoms with van der Waals surface area (Å²) in [5.74, 6) is 1.21. The van der Waals surface area contributed by atoms with Gasteiger partial charge >= 0.3 is 0 Å². The lowest BCUT2D eigenvalue weighted by molar-refractivity contribution is 0.0998. The Morgan fingerprint density at radius 2 is 1.87 bits per heavy atom. The lowest BCUT2D eigenvalue weighted by Gasteiger charge is -1.98. The number of hydrogen-bond acceptors (Lipinski definition) is 4. The minimum atomic E-state index is -0.243. The van der Waals surface area contributed by atoms with E-state index in [1.165, 1.54) is 11.3 Å². The summed E-state index contributed by atoms with van der Waals surface area (Å²) >= 11 is 1.46.